The second-order valence-electron chi connectivity index (χ2n) is 13.5. The number of carbonyl (C=O) groups is 6. The van der Waals surface area contributed by atoms with E-state index in [-0.39, 0.29) is 41.5 Å². The lowest BCUT2D eigenvalue weighted by Gasteiger charge is -2.36. The van der Waals surface area contributed by atoms with E-state index >= 15 is 0 Å². The first kappa shape index (κ1) is 36.8. The van der Waals surface area contributed by atoms with Crippen molar-refractivity contribution in [3.8, 4) is 17.1 Å². The second kappa shape index (κ2) is 16.2. The van der Waals surface area contributed by atoms with E-state index in [0.29, 0.717) is 74.1 Å². The number of H-pyrrole nitrogens is 1. The highest BCUT2D eigenvalue weighted by atomic mass is 16.5. The number of anilines is 3. The number of aromatic amines is 1. The first-order chi connectivity index (χ1) is 26.7. The number of methoxy groups -OCH3 is 1. The van der Waals surface area contributed by atoms with Crippen LogP contribution in [0.5, 0.6) is 5.75 Å². The van der Waals surface area contributed by atoms with Gasteiger partial charge in [-0.3, -0.25) is 44.1 Å². The molecule has 4 aromatic rings. The number of fused-ring (bicyclic) bond motifs is 1. The highest BCUT2D eigenvalue weighted by Crippen LogP contribution is 2.33. The number of imide groups is 2. The van der Waals surface area contributed by atoms with Gasteiger partial charge in [0.15, 0.2) is 0 Å². The number of hydrogen-bond donors (Lipinski definition) is 4. The number of pyridine rings is 1. The van der Waals surface area contributed by atoms with Crippen molar-refractivity contribution in [2.45, 2.75) is 44.6 Å². The summed E-state index contributed by atoms with van der Waals surface area (Å²) in [5, 5.41) is 15.2. The number of hydrogen-bond acceptors (Lipinski definition) is 11. The lowest BCUT2D eigenvalue weighted by molar-refractivity contribution is -0.136. The lowest BCUT2D eigenvalue weighted by atomic mass is 10.0. The van der Waals surface area contributed by atoms with E-state index < -0.39 is 29.7 Å². The second-order valence-corrected chi connectivity index (χ2v) is 13.5. The van der Waals surface area contributed by atoms with Gasteiger partial charge in [0.2, 0.25) is 17.7 Å². The Morgan fingerprint density at radius 1 is 0.909 bits per heavy atom. The van der Waals surface area contributed by atoms with Crippen molar-refractivity contribution >= 4 is 52.5 Å². The molecule has 4 N–H and O–H groups in total. The van der Waals surface area contributed by atoms with Gasteiger partial charge in [0.1, 0.15) is 17.5 Å². The molecule has 284 valence electrons. The van der Waals surface area contributed by atoms with Gasteiger partial charge >= 0.3 is 0 Å². The van der Waals surface area contributed by atoms with Crippen LogP contribution < -0.4 is 25.6 Å². The maximum absolute atomic E-state index is 13.3. The molecule has 55 heavy (non-hydrogen) atoms. The van der Waals surface area contributed by atoms with Crippen LogP contribution in [0.15, 0.2) is 66.9 Å². The standard InChI is InChI=1S/C39H41N9O7/c1-55-32-23-24(12-13-28(32)43-36(51)30-10-6-8-26(42-30)27-16-18-41-45-27)46-19-21-47(22-20-46)34(50)11-3-2-4-17-40-29-9-5-7-25-35(29)39(54)48(38(25)53)31-14-15-33(49)44-37(31)52/h5-10,12-13,16,18,23,31,40H,2-4,11,14-15,17,19-22H2,1H3,(H,41,45)(H,43,51)(H,44,49,52). The van der Waals surface area contributed by atoms with E-state index in [4.69, 9.17) is 4.74 Å². The zero-order chi connectivity index (χ0) is 38.5. The number of ether oxygens (including phenoxy) is 1. The highest BCUT2D eigenvalue weighted by molar-refractivity contribution is 6.25. The summed E-state index contributed by atoms with van der Waals surface area (Å²) in [7, 11) is 1.55. The molecule has 0 aliphatic carbocycles. The molecule has 1 atom stereocenters. The van der Waals surface area contributed by atoms with Gasteiger partial charge in [-0.15, -0.1) is 0 Å². The molecule has 0 saturated carbocycles. The minimum atomic E-state index is -1.02. The van der Waals surface area contributed by atoms with Gasteiger partial charge in [-0.1, -0.05) is 18.6 Å². The molecule has 0 spiro atoms. The first-order valence-electron chi connectivity index (χ1n) is 18.3. The fraction of sp³-hybridized carbons (Fsp3) is 0.333. The van der Waals surface area contributed by atoms with Gasteiger partial charge in [0.25, 0.3) is 17.7 Å². The molecular formula is C39H41N9O7. The molecule has 2 fully saturated rings. The van der Waals surface area contributed by atoms with Crippen LogP contribution in [0, 0.1) is 0 Å². The van der Waals surface area contributed by atoms with Crippen molar-refractivity contribution in [1.29, 1.82) is 0 Å². The van der Waals surface area contributed by atoms with Crippen LogP contribution in [0.25, 0.3) is 11.4 Å². The number of benzene rings is 2. The number of amides is 6. The molecule has 7 rings (SSSR count). The van der Waals surface area contributed by atoms with Gasteiger partial charge < -0.3 is 25.2 Å². The monoisotopic (exact) mass is 747 g/mol. The quantitative estimate of drug-likeness (QED) is 0.115. The summed E-state index contributed by atoms with van der Waals surface area (Å²) < 4.78 is 5.62. The highest BCUT2D eigenvalue weighted by Gasteiger charge is 2.45. The summed E-state index contributed by atoms with van der Waals surface area (Å²) in [6, 6.07) is 16.5. The average molecular weight is 748 g/mol. The summed E-state index contributed by atoms with van der Waals surface area (Å²) in [6.45, 7) is 3.00. The number of carbonyl (C=O) groups excluding carboxylic acids is 6. The topological polar surface area (TPSA) is 199 Å². The van der Waals surface area contributed by atoms with Crippen molar-refractivity contribution in [1.82, 2.24) is 30.3 Å². The number of nitrogens with zero attached hydrogens (tertiary/aromatic N) is 5. The Labute approximate surface area is 316 Å². The van der Waals surface area contributed by atoms with Crippen LogP contribution in [0.2, 0.25) is 0 Å². The molecule has 2 aromatic heterocycles. The fourth-order valence-corrected chi connectivity index (χ4v) is 7.11. The van der Waals surface area contributed by atoms with Crippen molar-refractivity contribution in [2.75, 3.05) is 55.4 Å². The minimum absolute atomic E-state index is 0.0610. The summed E-state index contributed by atoms with van der Waals surface area (Å²) in [4.78, 5) is 85.9. The molecule has 1 unspecified atom stereocenters. The van der Waals surface area contributed by atoms with Crippen LogP contribution in [0.3, 0.4) is 0 Å². The summed E-state index contributed by atoms with van der Waals surface area (Å²) in [5.41, 5.74) is 3.98. The van der Waals surface area contributed by atoms with Crippen LogP contribution >= 0.6 is 0 Å². The SMILES string of the molecule is COc1cc(N2CCN(C(=O)CCCCCNc3cccc4c3C(=O)N(C3CCC(=O)NC3=O)C4=O)CC2)ccc1NC(=O)c1cccc(-c2ccn[nH]2)n1. The Hall–Kier alpha value is -6.58. The predicted octanol–water partition coefficient (Wildman–Crippen LogP) is 3.45. The minimum Gasteiger partial charge on any atom is -0.494 e. The lowest BCUT2D eigenvalue weighted by Crippen LogP contribution is -2.54. The zero-order valence-corrected chi connectivity index (χ0v) is 30.3. The van der Waals surface area contributed by atoms with Crippen LogP contribution in [0.4, 0.5) is 17.1 Å². The fourth-order valence-electron chi connectivity index (χ4n) is 7.11. The molecule has 5 heterocycles. The van der Waals surface area contributed by atoms with Gasteiger partial charge in [-0.2, -0.15) is 5.10 Å². The van der Waals surface area contributed by atoms with E-state index in [1.54, 1.807) is 61.8 Å². The molecule has 16 nitrogen and oxygen atoms in total. The molecule has 6 amide bonds. The van der Waals surface area contributed by atoms with Gasteiger partial charge in [0.05, 0.1) is 35.3 Å². The van der Waals surface area contributed by atoms with Crippen molar-refractivity contribution in [2.24, 2.45) is 0 Å². The zero-order valence-electron chi connectivity index (χ0n) is 30.3. The Morgan fingerprint density at radius 2 is 1.73 bits per heavy atom. The van der Waals surface area contributed by atoms with Crippen LogP contribution in [-0.2, 0) is 14.4 Å². The molecule has 2 saturated heterocycles. The molecule has 0 bridgehead atoms. The molecule has 16 heteroatoms. The normalized spacial score (nSPS) is 16.9. The largest absolute Gasteiger partial charge is 0.494 e. The number of unbranched alkanes of at least 4 members (excludes halogenated alkanes) is 2. The molecular weight excluding hydrogens is 706 g/mol. The van der Waals surface area contributed by atoms with Crippen molar-refractivity contribution in [3.05, 3.63) is 83.7 Å². The van der Waals surface area contributed by atoms with Crippen molar-refractivity contribution < 1.29 is 33.5 Å². The molecule has 3 aliphatic rings. The van der Waals surface area contributed by atoms with Crippen LogP contribution in [-0.4, -0.2) is 106 Å². The Kier molecular flexibility index (Phi) is 10.8. The first-order valence-corrected chi connectivity index (χ1v) is 18.3. The third-order valence-corrected chi connectivity index (χ3v) is 10.0. The Bertz CT molecular complexity index is 2130. The Balaban J connectivity index is 0.842. The van der Waals surface area contributed by atoms with E-state index in [9.17, 15) is 28.8 Å². The number of aromatic nitrogens is 3. The molecule has 2 aromatic carbocycles. The number of piperidine rings is 1. The maximum atomic E-state index is 13.3. The van der Waals surface area contributed by atoms with E-state index in [0.717, 1.165) is 23.4 Å². The Morgan fingerprint density at radius 3 is 2.49 bits per heavy atom. The summed E-state index contributed by atoms with van der Waals surface area (Å²) >= 11 is 0. The number of nitrogens with one attached hydrogen (secondary N) is 4. The van der Waals surface area contributed by atoms with E-state index in [1.807, 2.05) is 17.0 Å². The van der Waals surface area contributed by atoms with Gasteiger partial charge in [0, 0.05) is 69.2 Å². The van der Waals surface area contributed by atoms with E-state index in [1.165, 1.54) is 0 Å². The molecule has 0 radical (unpaired) electrons. The third-order valence-electron chi connectivity index (χ3n) is 10.0. The molecule has 3 aliphatic heterocycles. The van der Waals surface area contributed by atoms with Crippen LogP contribution in [0.1, 0.15) is 69.7 Å². The predicted molar refractivity (Wildman–Crippen MR) is 202 cm³/mol. The third kappa shape index (κ3) is 7.88. The van der Waals surface area contributed by atoms with Gasteiger partial charge in [-0.25, -0.2) is 4.98 Å². The smallest absolute Gasteiger partial charge is 0.274 e. The summed E-state index contributed by atoms with van der Waals surface area (Å²) in [5.74, 6) is -1.91. The van der Waals surface area contributed by atoms with E-state index in [2.05, 4.69) is 36.0 Å². The number of rotatable bonds is 13. The summed E-state index contributed by atoms with van der Waals surface area (Å²) in [6.07, 6.45) is 4.45. The van der Waals surface area contributed by atoms with Crippen molar-refractivity contribution in [3.63, 3.8) is 0 Å². The van der Waals surface area contributed by atoms with Gasteiger partial charge in [-0.05, 0) is 61.7 Å². The maximum Gasteiger partial charge on any atom is 0.274 e. The average Bonchev–Trinajstić information content (AvgIpc) is 3.83. The number of piperazine rings is 1.